The highest BCUT2D eigenvalue weighted by molar-refractivity contribution is 8.00. The van der Waals surface area contributed by atoms with Crippen LogP contribution in [0.15, 0.2) is 58.6 Å². The van der Waals surface area contributed by atoms with E-state index in [4.69, 9.17) is 0 Å². The number of nitrogens with zero attached hydrogens (tertiary/aromatic N) is 2. The Morgan fingerprint density at radius 2 is 1.88 bits per heavy atom. The van der Waals surface area contributed by atoms with Gasteiger partial charge >= 0.3 is 0 Å². The average molecular weight is 394 g/mol. The van der Waals surface area contributed by atoms with Gasteiger partial charge in [0.05, 0.1) is 10.3 Å². The molecule has 0 radical (unpaired) electrons. The molecular weight excluding hydrogens is 370 g/mol. The van der Waals surface area contributed by atoms with Crippen molar-refractivity contribution < 1.29 is 13.2 Å². The summed E-state index contributed by atoms with van der Waals surface area (Å²) in [7, 11) is -0.550. The molecular formula is C18H23N3O3S2. The molecule has 0 aliphatic carbocycles. The second kappa shape index (κ2) is 9.16. The molecule has 1 heterocycles. The largest absolute Gasteiger partial charge is 0.355 e. The van der Waals surface area contributed by atoms with Gasteiger partial charge in [0.25, 0.3) is 0 Å². The van der Waals surface area contributed by atoms with Crippen molar-refractivity contribution in [3.8, 4) is 0 Å². The van der Waals surface area contributed by atoms with E-state index < -0.39 is 10.0 Å². The molecule has 1 aromatic heterocycles. The third-order valence-corrected chi connectivity index (χ3v) is 6.56. The smallest absolute Gasteiger partial charge is 0.244 e. The van der Waals surface area contributed by atoms with Crippen molar-refractivity contribution in [2.45, 2.75) is 28.5 Å². The second-order valence-corrected chi connectivity index (χ2v) is 9.42. The minimum atomic E-state index is -3.49. The predicted octanol–water partition coefficient (Wildman–Crippen LogP) is 2.17. The zero-order chi connectivity index (χ0) is 19.2. The number of rotatable bonds is 8. The van der Waals surface area contributed by atoms with Crippen LogP contribution in [0.1, 0.15) is 12.5 Å². The quantitative estimate of drug-likeness (QED) is 0.696. The lowest BCUT2D eigenvalue weighted by molar-refractivity contribution is -0.120. The first kappa shape index (κ1) is 20.4. The lowest BCUT2D eigenvalue weighted by atomic mass is 10.1. The monoisotopic (exact) mass is 393 g/mol. The number of sulfonamides is 1. The topological polar surface area (TPSA) is 79.4 Å². The number of nitrogens with one attached hydrogen (secondary N) is 1. The fourth-order valence-corrected chi connectivity index (χ4v) is 3.81. The van der Waals surface area contributed by atoms with E-state index in [0.29, 0.717) is 11.6 Å². The first-order valence-electron chi connectivity index (χ1n) is 8.17. The number of thioether (sulfide) groups is 1. The number of amides is 1. The van der Waals surface area contributed by atoms with Gasteiger partial charge in [-0.15, -0.1) is 0 Å². The van der Waals surface area contributed by atoms with Crippen LogP contribution < -0.4 is 5.32 Å². The minimum Gasteiger partial charge on any atom is -0.355 e. The summed E-state index contributed by atoms with van der Waals surface area (Å²) in [5.74, 6) is -0.0716. The van der Waals surface area contributed by atoms with E-state index in [0.717, 1.165) is 10.7 Å². The Morgan fingerprint density at radius 3 is 2.46 bits per heavy atom. The summed E-state index contributed by atoms with van der Waals surface area (Å²) in [4.78, 5) is 16.5. The average Bonchev–Trinajstić information content (AvgIpc) is 2.62. The Balaban J connectivity index is 1.86. The molecule has 1 unspecified atom stereocenters. The lowest BCUT2D eigenvalue weighted by Crippen LogP contribution is -2.32. The highest BCUT2D eigenvalue weighted by atomic mass is 32.2. The number of benzene rings is 1. The molecule has 0 aliphatic rings. The Morgan fingerprint density at radius 1 is 1.19 bits per heavy atom. The van der Waals surface area contributed by atoms with E-state index in [1.807, 2.05) is 30.3 Å². The molecule has 0 aliphatic heterocycles. The Bertz CT molecular complexity index is 823. The highest BCUT2D eigenvalue weighted by Crippen LogP contribution is 2.22. The van der Waals surface area contributed by atoms with Gasteiger partial charge in [0.15, 0.2) is 0 Å². The number of hydrogen-bond donors (Lipinski definition) is 1. The summed E-state index contributed by atoms with van der Waals surface area (Å²) >= 11 is 1.29. The molecule has 6 nitrogen and oxygen atoms in total. The van der Waals surface area contributed by atoms with Gasteiger partial charge in [-0.3, -0.25) is 4.79 Å². The summed E-state index contributed by atoms with van der Waals surface area (Å²) in [5.41, 5.74) is 1.17. The number of hydrogen-bond acceptors (Lipinski definition) is 5. The molecule has 26 heavy (non-hydrogen) atoms. The SMILES string of the molecule is CC(Sc1ccc(S(=O)(=O)N(C)C)cn1)C(=O)NCCc1ccccc1. The number of carbonyl (C=O) groups is 1. The van der Waals surface area contributed by atoms with E-state index in [1.54, 1.807) is 13.0 Å². The van der Waals surface area contributed by atoms with Crippen LogP contribution in [0.5, 0.6) is 0 Å². The van der Waals surface area contributed by atoms with Gasteiger partial charge in [-0.05, 0) is 31.0 Å². The first-order valence-corrected chi connectivity index (χ1v) is 10.5. The molecule has 1 N–H and O–H groups in total. The van der Waals surface area contributed by atoms with Crippen LogP contribution in [-0.2, 0) is 21.2 Å². The molecule has 140 valence electrons. The fraction of sp³-hybridized carbons (Fsp3) is 0.333. The summed E-state index contributed by atoms with van der Waals surface area (Å²) in [6.45, 7) is 2.37. The van der Waals surface area contributed by atoms with E-state index >= 15 is 0 Å². The van der Waals surface area contributed by atoms with Crippen molar-refractivity contribution in [1.82, 2.24) is 14.6 Å². The summed E-state index contributed by atoms with van der Waals surface area (Å²) in [6.07, 6.45) is 2.09. The van der Waals surface area contributed by atoms with Crippen LogP contribution in [0.4, 0.5) is 0 Å². The van der Waals surface area contributed by atoms with Gasteiger partial charge in [-0.2, -0.15) is 0 Å². The van der Waals surface area contributed by atoms with Crippen molar-refractivity contribution in [1.29, 1.82) is 0 Å². The lowest BCUT2D eigenvalue weighted by Gasteiger charge is -2.13. The molecule has 0 bridgehead atoms. The molecule has 0 saturated carbocycles. The van der Waals surface area contributed by atoms with Gasteiger partial charge in [0.1, 0.15) is 4.90 Å². The van der Waals surface area contributed by atoms with E-state index in [9.17, 15) is 13.2 Å². The third-order valence-electron chi connectivity index (χ3n) is 3.71. The zero-order valence-electron chi connectivity index (χ0n) is 15.0. The fourth-order valence-electron chi connectivity index (χ4n) is 2.15. The maximum absolute atomic E-state index is 12.2. The van der Waals surface area contributed by atoms with Crippen molar-refractivity contribution >= 4 is 27.7 Å². The maximum atomic E-state index is 12.2. The van der Waals surface area contributed by atoms with Crippen LogP contribution in [0, 0.1) is 0 Å². The Hall–Kier alpha value is -1.90. The van der Waals surface area contributed by atoms with E-state index in [1.165, 1.54) is 43.7 Å². The van der Waals surface area contributed by atoms with Crippen molar-refractivity contribution in [2.75, 3.05) is 20.6 Å². The second-order valence-electron chi connectivity index (χ2n) is 5.91. The van der Waals surface area contributed by atoms with Gasteiger partial charge in [-0.1, -0.05) is 42.1 Å². The van der Waals surface area contributed by atoms with Gasteiger partial charge in [0, 0.05) is 26.8 Å². The summed E-state index contributed by atoms with van der Waals surface area (Å²) in [6, 6.07) is 13.1. The van der Waals surface area contributed by atoms with E-state index in [2.05, 4.69) is 10.3 Å². The summed E-state index contributed by atoms with van der Waals surface area (Å²) in [5, 5.41) is 3.19. The van der Waals surface area contributed by atoms with E-state index in [-0.39, 0.29) is 16.1 Å². The normalized spacial score (nSPS) is 12.8. The van der Waals surface area contributed by atoms with Crippen LogP contribution in [0.2, 0.25) is 0 Å². The van der Waals surface area contributed by atoms with Gasteiger partial charge in [-0.25, -0.2) is 17.7 Å². The Kier molecular flexibility index (Phi) is 7.19. The molecule has 1 atom stereocenters. The molecule has 8 heteroatoms. The number of aromatic nitrogens is 1. The van der Waals surface area contributed by atoms with Crippen LogP contribution >= 0.6 is 11.8 Å². The highest BCUT2D eigenvalue weighted by Gasteiger charge is 2.19. The molecule has 1 amide bonds. The van der Waals surface area contributed by atoms with Gasteiger partial charge < -0.3 is 5.32 Å². The molecule has 1 aromatic carbocycles. The van der Waals surface area contributed by atoms with Crippen LogP contribution in [-0.4, -0.2) is 49.5 Å². The molecule has 0 spiro atoms. The van der Waals surface area contributed by atoms with Gasteiger partial charge in [0.2, 0.25) is 15.9 Å². The molecule has 0 saturated heterocycles. The van der Waals surface area contributed by atoms with Crippen molar-refractivity contribution in [3.05, 3.63) is 54.2 Å². The summed E-state index contributed by atoms with van der Waals surface area (Å²) < 4.78 is 25.2. The van der Waals surface area contributed by atoms with Crippen LogP contribution in [0.3, 0.4) is 0 Å². The van der Waals surface area contributed by atoms with Crippen molar-refractivity contribution in [3.63, 3.8) is 0 Å². The standard InChI is InChI=1S/C18H23N3O3S2/c1-14(18(22)19-12-11-15-7-5-4-6-8-15)25-17-10-9-16(13-20-17)26(23,24)21(2)3/h4-10,13-14H,11-12H2,1-3H3,(H,19,22). The first-order chi connectivity index (χ1) is 12.3. The molecule has 0 fully saturated rings. The molecule has 2 aromatic rings. The zero-order valence-corrected chi connectivity index (χ0v) is 16.7. The number of pyridine rings is 1. The van der Waals surface area contributed by atoms with Crippen molar-refractivity contribution in [2.24, 2.45) is 0 Å². The Labute approximate surface area is 159 Å². The minimum absolute atomic E-state index is 0.0716. The van der Waals surface area contributed by atoms with Crippen LogP contribution in [0.25, 0.3) is 0 Å². The molecule has 2 rings (SSSR count). The third kappa shape index (κ3) is 5.55. The number of carbonyl (C=O) groups excluding carboxylic acids is 1. The maximum Gasteiger partial charge on any atom is 0.244 e. The predicted molar refractivity (Wildman–Crippen MR) is 104 cm³/mol.